The first kappa shape index (κ1) is 15.0. The molecule has 0 saturated carbocycles. The van der Waals surface area contributed by atoms with E-state index >= 15 is 0 Å². The van der Waals surface area contributed by atoms with E-state index in [-0.39, 0.29) is 13.2 Å². The molecule has 0 radical (unpaired) electrons. The molecule has 0 fully saturated rings. The Labute approximate surface area is 121 Å². The average Bonchev–Trinajstić information content (AvgIpc) is 2.72. The molecule has 0 aliphatic carbocycles. The van der Waals surface area contributed by atoms with Crippen LogP contribution in [0.2, 0.25) is 0 Å². The van der Waals surface area contributed by atoms with Crippen LogP contribution in [0.3, 0.4) is 0 Å². The lowest BCUT2D eigenvalue weighted by molar-refractivity contribution is 0.0414. The molecule has 1 atom stereocenters. The largest absolute Gasteiger partial charge is 0.465 e. The molecule has 0 spiro atoms. The Morgan fingerprint density at radius 3 is 2.33 bits per heavy atom. The second-order valence-corrected chi connectivity index (χ2v) is 4.53. The summed E-state index contributed by atoms with van der Waals surface area (Å²) < 4.78 is 5.26. The number of hydrogen-bond donors (Lipinski definition) is 2. The number of ether oxygens (including phenoxy) is 1. The van der Waals surface area contributed by atoms with E-state index in [1.54, 1.807) is 31.2 Å². The molecular formula is C14H16N2O5. The lowest BCUT2D eigenvalue weighted by Gasteiger charge is -2.25. The number of hydrogen-bond acceptors (Lipinski definition) is 4. The van der Waals surface area contributed by atoms with Gasteiger partial charge in [-0.2, -0.15) is 0 Å². The number of benzene rings is 1. The first-order valence-corrected chi connectivity index (χ1v) is 6.57. The van der Waals surface area contributed by atoms with Gasteiger partial charge in [-0.3, -0.25) is 14.5 Å². The number of amides is 3. The maximum Gasteiger partial charge on any atom is 0.404 e. The van der Waals surface area contributed by atoms with Gasteiger partial charge in [0, 0.05) is 13.2 Å². The van der Waals surface area contributed by atoms with Crippen molar-refractivity contribution < 1.29 is 24.2 Å². The molecule has 1 aromatic rings. The molecule has 1 heterocycles. The first-order valence-electron chi connectivity index (χ1n) is 6.57. The molecular weight excluding hydrogens is 276 g/mol. The Morgan fingerprint density at radius 2 is 1.86 bits per heavy atom. The third-order valence-corrected chi connectivity index (χ3v) is 3.19. The van der Waals surface area contributed by atoms with Crippen LogP contribution >= 0.6 is 0 Å². The predicted octanol–water partition coefficient (Wildman–Crippen LogP) is 0.955. The number of nitrogens with zero attached hydrogens (tertiary/aromatic N) is 1. The summed E-state index contributed by atoms with van der Waals surface area (Å²) in [5.74, 6) is -0.847. The topological polar surface area (TPSA) is 95.9 Å². The summed E-state index contributed by atoms with van der Waals surface area (Å²) in [4.78, 5) is 36.4. The molecule has 0 saturated heterocycles. The molecule has 7 nitrogen and oxygen atoms in total. The summed E-state index contributed by atoms with van der Waals surface area (Å²) in [5.41, 5.74) is 0.665. The number of carbonyl (C=O) groups excluding carboxylic acids is 2. The lowest BCUT2D eigenvalue weighted by atomic mass is 10.1. The van der Waals surface area contributed by atoms with Crippen molar-refractivity contribution in [2.45, 2.75) is 13.0 Å². The number of carbonyl (C=O) groups is 3. The van der Waals surface area contributed by atoms with Crippen LogP contribution in [0.4, 0.5) is 4.79 Å². The molecule has 3 amide bonds. The molecule has 1 unspecified atom stereocenters. The highest BCUT2D eigenvalue weighted by Crippen LogP contribution is 2.24. The van der Waals surface area contributed by atoms with E-state index in [1.807, 2.05) is 0 Å². The number of carboxylic acid groups (broad SMARTS) is 1. The van der Waals surface area contributed by atoms with E-state index in [0.717, 1.165) is 4.90 Å². The highest BCUT2D eigenvalue weighted by atomic mass is 16.5. The monoisotopic (exact) mass is 292 g/mol. The van der Waals surface area contributed by atoms with Gasteiger partial charge in [0.25, 0.3) is 11.8 Å². The summed E-state index contributed by atoms with van der Waals surface area (Å²) in [5, 5.41) is 10.9. The highest BCUT2D eigenvalue weighted by Gasteiger charge is 2.39. The van der Waals surface area contributed by atoms with Gasteiger partial charge in [-0.05, 0) is 19.1 Å². The zero-order valence-electron chi connectivity index (χ0n) is 11.5. The average molecular weight is 292 g/mol. The van der Waals surface area contributed by atoms with Gasteiger partial charge in [-0.1, -0.05) is 12.1 Å². The third kappa shape index (κ3) is 3.03. The van der Waals surface area contributed by atoms with Crippen LogP contribution in [0, 0.1) is 0 Å². The Balaban J connectivity index is 2.22. The van der Waals surface area contributed by atoms with E-state index in [1.165, 1.54) is 0 Å². The minimum Gasteiger partial charge on any atom is -0.465 e. The number of fused-ring (bicyclic) bond motifs is 1. The summed E-state index contributed by atoms with van der Waals surface area (Å²) in [6.45, 7) is 2.21. The molecule has 1 aliphatic rings. The summed E-state index contributed by atoms with van der Waals surface area (Å²) in [6.07, 6.45) is -1.21. The fraction of sp³-hybridized carbons (Fsp3) is 0.357. The number of imide groups is 1. The van der Waals surface area contributed by atoms with Gasteiger partial charge >= 0.3 is 6.09 Å². The summed E-state index contributed by atoms with van der Waals surface area (Å²) in [7, 11) is 0. The summed E-state index contributed by atoms with van der Waals surface area (Å²) >= 11 is 0. The van der Waals surface area contributed by atoms with Crippen molar-refractivity contribution in [1.29, 1.82) is 0 Å². The summed E-state index contributed by atoms with van der Waals surface area (Å²) in [6, 6.07) is 5.85. The first-order chi connectivity index (χ1) is 10.1. The van der Waals surface area contributed by atoms with Gasteiger partial charge in [0.15, 0.2) is 0 Å². The second kappa shape index (κ2) is 6.36. The quantitative estimate of drug-likeness (QED) is 0.761. The Hall–Kier alpha value is -2.41. The fourth-order valence-corrected chi connectivity index (χ4v) is 2.22. The maximum absolute atomic E-state index is 12.3. The minimum atomic E-state index is -1.21. The van der Waals surface area contributed by atoms with Crippen molar-refractivity contribution in [2.24, 2.45) is 0 Å². The Bertz CT molecular complexity index is 537. The molecule has 2 rings (SSSR count). The number of nitrogens with one attached hydrogen (secondary N) is 1. The van der Waals surface area contributed by atoms with Crippen LogP contribution < -0.4 is 5.32 Å². The molecule has 1 aliphatic heterocycles. The zero-order valence-corrected chi connectivity index (χ0v) is 11.5. The molecule has 0 bridgehead atoms. The zero-order chi connectivity index (χ0) is 15.4. The minimum absolute atomic E-state index is 0.0686. The van der Waals surface area contributed by atoms with Gasteiger partial charge in [-0.15, -0.1) is 0 Å². The standard InChI is InChI=1S/C14H16N2O5/c1-2-21-8-9(7-15-14(19)20)16-12(17)10-5-3-4-6-11(10)13(16)18/h3-6,9,15H,2,7-8H2,1H3,(H,19,20). The van der Waals surface area contributed by atoms with Crippen LogP contribution in [0.25, 0.3) is 0 Å². The Morgan fingerprint density at radius 1 is 1.29 bits per heavy atom. The molecule has 21 heavy (non-hydrogen) atoms. The van der Waals surface area contributed by atoms with Crippen molar-refractivity contribution in [3.63, 3.8) is 0 Å². The fourth-order valence-electron chi connectivity index (χ4n) is 2.22. The number of rotatable bonds is 6. The predicted molar refractivity (Wildman–Crippen MR) is 73.3 cm³/mol. The van der Waals surface area contributed by atoms with E-state index in [9.17, 15) is 14.4 Å². The van der Waals surface area contributed by atoms with Crippen LogP contribution in [0.1, 0.15) is 27.6 Å². The van der Waals surface area contributed by atoms with Crippen molar-refractivity contribution >= 4 is 17.9 Å². The molecule has 0 aromatic heterocycles. The normalized spacial score (nSPS) is 15.0. The van der Waals surface area contributed by atoms with Gasteiger partial charge in [0.05, 0.1) is 23.8 Å². The van der Waals surface area contributed by atoms with Crippen LogP contribution in [-0.2, 0) is 4.74 Å². The van der Waals surface area contributed by atoms with Crippen LogP contribution in [0.5, 0.6) is 0 Å². The molecule has 7 heteroatoms. The third-order valence-electron chi connectivity index (χ3n) is 3.19. The second-order valence-electron chi connectivity index (χ2n) is 4.53. The lowest BCUT2D eigenvalue weighted by Crippen LogP contribution is -2.49. The van der Waals surface area contributed by atoms with E-state index in [4.69, 9.17) is 9.84 Å². The molecule has 112 valence electrons. The SMILES string of the molecule is CCOCC(CNC(=O)O)N1C(=O)c2ccccc2C1=O. The molecule has 2 N–H and O–H groups in total. The smallest absolute Gasteiger partial charge is 0.404 e. The highest BCUT2D eigenvalue weighted by molar-refractivity contribution is 6.21. The van der Waals surface area contributed by atoms with Gasteiger partial charge < -0.3 is 15.2 Å². The van der Waals surface area contributed by atoms with Crippen molar-refractivity contribution in [2.75, 3.05) is 19.8 Å². The van der Waals surface area contributed by atoms with E-state index in [2.05, 4.69) is 5.32 Å². The van der Waals surface area contributed by atoms with Crippen LogP contribution in [-0.4, -0.2) is 53.7 Å². The maximum atomic E-state index is 12.3. The van der Waals surface area contributed by atoms with Gasteiger partial charge in [-0.25, -0.2) is 4.79 Å². The van der Waals surface area contributed by atoms with Crippen molar-refractivity contribution in [3.05, 3.63) is 35.4 Å². The Kier molecular flexibility index (Phi) is 4.54. The van der Waals surface area contributed by atoms with E-state index in [0.29, 0.717) is 17.7 Å². The van der Waals surface area contributed by atoms with Gasteiger partial charge in [0.1, 0.15) is 0 Å². The van der Waals surface area contributed by atoms with Crippen LogP contribution in [0.15, 0.2) is 24.3 Å². The molecule has 1 aromatic carbocycles. The van der Waals surface area contributed by atoms with E-state index < -0.39 is 23.9 Å². The van der Waals surface area contributed by atoms with Crippen molar-refractivity contribution in [3.8, 4) is 0 Å². The van der Waals surface area contributed by atoms with Gasteiger partial charge in [0.2, 0.25) is 0 Å². The van der Waals surface area contributed by atoms with Crippen molar-refractivity contribution in [1.82, 2.24) is 10.2 Å².